The summed E-state index contributed by atoms with van der Waals surface area (Å²) in [4.78, 5) is 25.1. The molecule has 3 saturated carbocycles. The summed E-state index contributed by atoms with van der Waals surface area (Å²) >= 11 is 0. The van der Waals surface area contributed by atoms with Crippen LogP contribution >= 0.6 is 0 Å². The quantitative estimate of drug-likeness (QED) is 0.321. The number of hydrogen-bond donors (Lipinski definition) is 1. The maximum absolute atomic E-state index is 12.7. The normalized spacial score (nSPS) is 55.8. The molecular formula is C20H23KO5. The molecule has 0 aromatic carbocycles. The molecule has 5 unspecified atom stereocenters. The van der Waals surface area contributed by atoms with Crippen molar-refractivity contribution in [2.45, 2.75) is 51.2 Å². The zero-order chi connectivity index (χ0) is 18.0. The maximum atomic E-state index is 12.7. The number of hydrogen-bond acceptors (Lipinski definition) is 5. The third-order valence-electron chi connectivity index (χ3n) is 8.54. The van der Waals surface area contributed by atoms with E-state index < -0.39 is 46.3 Å². The van der Waals surface area contributed by atoms with Gasteiger partial charge in [-0.3, -0.25) is 4.79 Å². The Bertz CT molecular complexity index is 776. The van der Waals surface area contributed by atoms with E-state index in [1.807, 2.05) is 0 Å². The van der Waals surface area contributed by atoms with Crippen molar-refractivity contribution in [1.82, 2.24) is 0 Å². The first-order valence-electron chi connectivity index (χ1n) is 9.12. The predicted molar refractivity (Wildman–Crippen MR) is 85.7 cm³/mol. The van der Waals surface area contributed by atoms with E-state index in [0.717, 1.165) is 24.8 Å². The molecule has 4 aliphatic carbocycles. The molecule has 1 spiro atoms. The number of aliphatic carboxylic acids is 1. The van der Waals surface area contributed by atoms with Crippen molar-refractivity contribution in [3.8, 4) is 0 Å². The molecule has 6 heteroatoms. The topological polar surface area (TPSA) is 86.7 Å². The molecule has 134 valence electrons. The molecule has 8 atom stereocenters. The largest absolute Gasteiger partial charge is 1.00 e. The Kier molecular flexibility index (Phi) is 3.97. The van der Waals surface area contributed by atoms with Crippen LogP contribution in [-0.2, 0) is 14.3 Å². The van der Waals surface area contributed by atoms with Gasteiger partial charge in [0.2, 0.25) is 0 Å². The molecule has 5 nitrogen and oxygen atoms in total. The van der Waals surface area contributed by atoms with E-state index in [1.165, 1.54) is 0 Å². The Labute approximate surface area is 195 Å². The van der Waals surface area contributed by atoms with Gasteiger partial charge in [0, 0.05) is 23.7 Å². The fourth-order valence-corrected chi connectivity index (χ4v) is 7.42. The standard InChI is InChI=1S/C20H24O5.K/c1-10-8-19-9-17(10,2)6-4-11(19)20-7-5-12(21)18(3,16(24)25-20)14(20)13(19)15(22)23;/h5,7,11-14,21H,1,4,6,8-9H2,2-3H3,(H,22,23);/q;+1/p-1/t11?,12-,13?,14?,17+,18-,19?,20?;/m0./s1. The van der Waals surface area contributed by atoms with Crippen LogP contribution in [0.1, 0.15) is 39.5 Å². The first kappa shape index (κ1) is 19.3. The van der Waals surface area contributed by atoms with E-state index in [9.17, 15) is 19.8 Å². The third-order valence-corrected chi connectivity index (χ3v) is 8.54. The van der Waals surface area contributed by atoms with Gasteiger partial charge in [0.1, 0.15) is 11.0 Å². The van der Waals surface area contributed by atoms with Crippen LogP contribution in [0.25, 0.3) is 0 Å². The van der Waals surface area contributed by atoms with E-state index in [4.69, 9.17) is 4.74 Å². The Morgan fingerprint density at radius 2 is 2.12 bits per heavy atom. The second-order valence-corrected chi connectivity index (χ2v) is 9.45. The number of aliphatic hydroxyl groups excluding tert-OH is 1. The fraction of sp³-hybridized carbons (Fsp3) is 0.700. The van der Waals surface area contributed by atoms with E-state index in [-0.39, 0.29) is 62.7 Å². The Hall–Kier alpha value is 0.0164. The van der Waals surface area contributed by atoms with Crippen LogP contribution in [0.5, 0.6) is 0 Å². The van der Waals surface area contributed by atoms with E-state index in [0.29, 0.717) is 6.42 Å². The van der Waals surface area contributed by atoms with Gasteiger partial charge in [-0.15, -0.1) is 0 Å². The van der Waals surface area contributed by atoms with E-state index in [2.05, 4.69) is 13.5 Å². The first-order valence-corrected chi connectivity index (χ1v) is 9.12. The summed E-state index contributed by atoms with van der Waals surface area (Å²) in [6, 6.07) is 0. The minimum Gasteiger partial charge on any atom is -0.550 e. The van der Waals surface area contributed by atoms with Crippen LogP contribution in [0, 0.1) is 34.0 Å². The van der Waals surface area contributed by atoms with Crippen LogP contribution in [0.2, 0.25) is 0 Å². The van der Waals surface area contributed by atoms with Crippen molar-refractivity contribution in [1.29, 1.82) is 0 Å². The Morgan fingerprint density at radius 3 is 2.77 bits per heavy atom. The fourth-order valence-electron chi connectivity index (χ4n) is 7.42. The van der Waals surface area contributed by atoms with Gasteiger partial charge in [0.25, 0.3) is 0 Å². The summed E-state index contributed by atoms with van der Waals surface area (Å²) in [5, 5.41) is 22.9. The summed E-state index contributed by atoms with van der Waals surface area (Å²) in [5.74, 6) is -3.07. The van der Waals surface area contributed by atoms with Crippen molar-refractivity contribution in [3.63, 3.8) is 0 Å². The number of carbonyl (C=O) groups excluding carboxylic acids is 2. The SMILES string of the molecule is C=C1CC23C[C@@]1(C)CCC2C12C=C[C@H](O)[C@](C)(C(=O)O1)C2C3C(=O)[O-].[K+]. The first-order chi connectivity index (χ1) is 11.6. The summed E-state index contributed by atoms with van der Waals surface area (Å²) in [5.41, 5.74) is -1.61. The molecule has 1 N–H and O–H groups in total. The summed E-state index contributed by atoms with van der Waals surface area (Å²) < 4.78 is 5.93. The average molecular weight is 382 g/mol. The molecule has 5 aliphatic rings. The van der Waals surface area contributed by atoms with Gasteiger partial charge in [0.15, 0.2) is 0 Å². The summed E-state index contributed by atoms with van der Waals surface area (Å²) in [6.07, 6.45) is 5.51. The van der Waals surface area contributed by atoms with Gasteiger partial charge < -0.3 is 19.7 Å². The monoisotopic (exact) mass is 382 g/mol. The number of carboxylic acid groups (broad SMARTS) is 1. The van der Waals surface area contributed by atoms with Gasteiger partial charge in [-0.2, -0.15) is 0 Å². The van der Waals surface area contributed by atoms with Crippen LogP contribution in [0.4, 0.5) is 0 Å². The number of carboxylic acids is 1. The van der Waals surface area contributed by atoms with Crippen molar-refractivity contribution < 1.29 is 75.9 Å². The second-order valence-electron chi connectivity index (χ2n) is 9.45. The van der Waals surface area contributed by atoms with Gasteiger partial charge in [-0.05, 0) is 49.5 Å². The van der Waals surface area contributed by atoms with Crippen LogP contribution in [0.15, 0.2) is 24.3 Å². The molecule has 1 aliphatic heterocycles. The van der Waals surface area contributed by atoms with Crippen molar-refractivity contribution in [3.05, 3.63) is 24.3 Å². The predicted octanol–water partition coefficient (Wildman–Crippen LogP) is -2.03. The zero-order valence-corrected chi connectivity index (χ0v) is 18.7. The second kappa shape index (κ2) is 5.33. The van der Waals surface area contributed by atoms with Gasteiger partial charge in [-0.1, -0.05) is 25.2 Å². The summed E-state index contributed by atoms with van der Waals surface area (Å²) in [7, 11) is 0. The molecule has 0 aromatic rings. The van der Waals surface area contributed by atoms with Gasteiger partial charge >= 0.3 is 57.4 Å². The van der Waals surface area contributed by atoms with Crippen LogP contribution in [0.3, 0.4) is 0 Å². The number of aliphatic hydroxyl groups is 1. The molecule has 4 fully saturated rings. The number of allylic oxidation sites excluding steroid dienone is 1. The van der Waals surface area contributed by atoms with E-state index in [1.54, 1.807) is 19.1 Å². The van der Waals surface area contributed by atoms with Crippen molar-refractivity contribution >= 4 is 11.9 Å². The number of carbonyl (C=O) groups is 2. The molecule has 5 rings (SSSR count). The van der Waals surface area contributed by atoms with Crippen LogP contribution in [-0.4, -0.2) is 28.8 Å². The number of fused-ring (bicyclic) bond motifs is 1. The molecule has 4 bridgehead atoms. The molecule has 0 aromatic heterocycles. The average Bonchev–Trinajstić information content (AvgIpc) is 2.95. The minimum absolute atomic E-state index is 0. The molecule has 0 radical (unpaired) electrons. The molecule has 0 amide bonds. The Morgan fingerprint density at radius 1 is 1.42 bits per heavy atom. The smallest absolute Gasteiger partial charge is 0.550 e. The number of esters is 1. The third kappa shape index (κ3) is 1.80. The molecular weight excluding hydrogens is 359 g/mol. The number of ether oxygens (including phenoxy) is 1. The summed E-state index contributed by atoms with van der Waals surface area (Å²) in [6.45, 7) is 8.08. The maximum Gasteiger partial charge on any atom is 1.00 e. The van der Waals surface area contributed by atoms with Gasteiger partial charge in [0.05, 0.1) is 6.10 Å². The Balaban J connectivity index is 0.00000168. The van der Waals surface area contributed by atoms with E-state index >= 15 is 0 Å². The zero-order valence-electron chi connectivity index (χ0n) is 15.6. The molecule has 1 heterocycles. The van der Waals surface area contributed by atoms with Crippen LogP contribution < -0.4 is 56.5 Å². The molecule has 1 saturated heterocycles. The molecule has 26 heavy (non-hydrogen) atoms. The van der Waals surface area contributed by atoms with Crippen molar-refractivity contribution in [2.24, 2.45) is 34.0 Å². The number of rotatable bonds is 1. The van der Waals surface area contributed by atoms with Crippen molar-refractivity contribution in [2.75, 3.05) is 0 Å². The van der Waals surface area contributed by atoms with Gasteiger partial charge in [-0.25, -0.2) is 0 Å². The minimum atomic E-state index is -1.23.